The van der Waals surface area contributed by atoms with Crippen LogP contribution in [0.15, 0.2) is 41.8 Å². The topological polar surface area (TPSA) is 76.5 Å². The first-order chi connectivity index (χ1) is 12.4. The number of fused-ring (bicyclic) bond motifs is 1. The van der Waals surface area contributed by atoms with E-state index in [-0.39, 0.29) is 11.4 Å². The molecule has 7 heteroatoms. The minimum Gasteiger partial charge on any atom is -0.465 e. The van der Waals surface area contributed by atoms with Gasteiger partial charge in [0.15, 0.2) is 5.82 Å². The van der Waals surface area contributed by atoms with E-state index < -0.39 is 0 Å². The first-order valence-corrected chi connectivity index (χ1v) is 8.92. The number of carbonyl (C=O) groups is 1. The number of ether oxygens (including phenoxy) is 1. The van der Waals surface area contributed by atoms with Gasteiger partial charge in [0.05, 0.1) is 24.3 Å². The zero-order valence-corrected chi connectivity index (χ0v) is 15.9. The standard InChI is InChI=1S/C19H20N4O2S/c1-19(2,3)15-9-14-16(20-11-21-17(14)26-15)23-22-10-12-5-7-13(8-6-12)18(24)25-4/h5-11H,1-4H3,(H,20,21,23). The summed E-state index contributed by atoms with van der Waals surface area (Å²) in [4.78, 5) is 22.3. The third-order valence-electron chi connectivity index (χ3n) is 3.78. The molecule has 0 bridgehead atoms. The predicted molar refractivity (Wildman–Crippen MR) is 105 cm³/mol. The number of hydrogen-bond donors (Lipinski definition) is 1. The molecule has 134 valence electrons. The van der Waals surface area contributed by atoms with E-state index in [9.17, 15) is 4.79 Å². The molecule has 1 N–H and O–H groups in total. The van der Waals surface area contributed by atoms with E-state index in [2.05, 4.69) is 52.1 Å². The van der Waals surface area contributed by atoms with E-state index in [1.807, 2.05) is 0 Å². The zero-order valence-electron chi connectivity index (χ0n) is 15.1. The van der Waals surface area contributed by atoms with Gasteiger partial charge in [0, 0.05) is 4.88 Å². The number of nitrogens with one attached hydrogen (secondary N) is 1. The first-order valence-electron chi connectivity index (χ1n) is 8.11. The Balaban J connectivity index is 1.78. The lowest BCUT2D eigenvalue weighted by molar-refractivity contribution is 0.0600. The highest BCUT2D eigenvalue weighted by molar-refractivity contribution is 7.18. The largest absolute Gasteiger partial charge is 0.465 e. The summed E-state index contributed by atoms with van der Waals surface area (Å²) < 4.78 is 4.68. The zero-order chi connectivity index (χ0) is 18.7. The fourth-order valence-electron chi connectivity index (χ4n) is 2.31. The van der Waals surface area contributed by atoms with Crippen molar-refractivity contribution in [2.24, 2.45) is 5.10 Å². The molecule has 2 aromatic heterocycles. The Hall–Kier alpha value is -2.80. The van der Waals surface area contributed by atoms with Crippen LogP contribution < -0.4 is 5.43 Å². The maximum absolute atomic E-state index is 11.4. The summed E-state index contributed by atoms with van der Waals surface area (Å²) in [7, 11) is 1.36. The van der Waals surface area contributed by atoms with Gasteiger partial charge in [-0.3, -0.25) is 5.43 Å². The molecular weight excluding hydrogens is 348 g/mol. The monoisotopic (exact) mass is 368 g/mol. The Morgan fingerprint density at radius 3 is 2.62 bits per heavy atom. The van der Waals surface area contributed by atoms with Crippen LogP contribution in [-0.4, -0.2) is 29.3 Å². The number of thiophene rings is 1. The van der Waals surface area contributed by atoms with E-state index in [1.54, 1.807) is 41.8 Å². The second kappa shape index (κ2) is 7.21. The highest BCUT2D eigenvalue weighted by atomic mass is 32.1. The number of carbonyl (C=O) groups excluding carboxylic acids is 1. The van der Waals surface area contributed by atoms with Crippen molar-refractivity contribution in [3.05, 3.63) is 52.7 Å². The molecule has 26 heavy (non-hydrogen) atoms. The Bertz CT molecular complexity index is 956. The van der Waals surface area contributed by atoms with Crippen LogP contribution in [0.2, 0.25) is 0 Å². The van der Waals surface area contributed by atoms with Crippen LogP contribution in [0.4, 0.5) is 5.82 Å². The number of rotatable bonds is 4. The van der Waals surface area contributed by atoms with Crippen molar-refractivity contribution < 1.29 is 9.53 Å². The molecule has 0 fully saturated rings. The van der Waals surface area contributed by atoms with Gasteiger partial charge in [-0.25, -0.2) is 14.8 Å². The van der Waals surface area contributed by atoms with E-state index in [4.69, 9.17) is 0 Å². The van der Waals surface area contributed by atoms with Crippen molar-refractivity contribution >= 4 is 39.6 Å². The summed E-state index contributed by atoms with van der Waals surface area (Å²) in [6, 6.07) is 9.11. The highest BCUT2D eigenvalue weighted by Crippen LogP contribution is 2.35. The number of esters is 1. The second-order valence-electron chi connectivity index (χ2n) is 6.79. The first kappa shape index (κ1) is 18.0. The van der Waals surface area contributed by atoms with Crippen LogP contribution >= 0.6 is 11.3 Å². The number of aromatic nitrogens is 2. The molecule has 0 aliphatic rings. The molecule has 2 heterocycles. The lowest BCUT2D eigenvalue weighted by atomic mass is 9.94. The van der Waals surface area contributed by atoms with Crippen LogP contribution in [0.3, 0.4) is 0 Å². The summed E-state index contributed by atoms with van der Waals surface area (Å²) in [6.45, 7) is 6.52. The number of benzene rings is 1. The molecule has 0 atom stereocenters. The third-order valence-corrected chi connectivity index (χ3v) is 5.25. The Morgan fingerprint density at radius 1 is 1.23 bits per heavy atom. The molecule has 0 aliphatic carbocycles. The van der Waals surface area contributed by atoms with Gasteiger partial charge in [-0.15, -0.1) is 11.3 Å². The second-order valence-corrected chi connectivity index (χ2v) is 7.82. The van der Waals surface area contributed by atoms with Crippen LogP contribution in [0.5, 0.6) is 0 Å². The van der Waals surface area contributed by atoms with Crippen LogP contribution in [0.1, 0.15) is 41.6 Å². The molecule has 0 aliphatic heterocycles. The Morgan fingerprint density at radius 2 is 1.96 bits per heavy atom. The predicted octanol–water partition coefficient (Wildman–Crippen LogP) is 4.22. The molecule has 0 radical (unpaired) electrons. The molecule has 0 amide bonds. The maximum atomic E-state index is 11.4. The molecule has 0 saturated carbocycles. The number of hydrazone groups is 1. The quantitative estimate of drug-likeness (QED) is 0.424. The van der Waals surface area contributed by atoms with E-state index in [0.29, 0.717) is 11.4 Å². The summed E-state index contributed by atoms with van der Waals surface area (Å²) in [5, 5.41) is 5.21. The lowest BCUT2D eigenvalue weighted by Gasteiger charge is -2.14. The molecule has 1 aromatic carbocycles. The van der Waals surface area contributed by atoms with Crippen LogP contribution in [0, 0.1) is 0 Å². The lowest BCUT2D eigenvalue weighted by Crippen LogP contribution is -2.07. The van der Waals surface area contributed by atoms with Gasteiger partial charge in [-0.05, 0) is 29.2 Å². The minimum atomic E-state index is -0.359. The molecule has 6 nitrogen and oxygen atoms in total. The molecule has 0 spiro atoms. The van der Waals surface area contributed by atoms with Crippen molar-refractivity contribution in [1.82, 2.24) is 9.97 Å². The summed E-state index contributed by atoms with van der Waals surface area (Å²) >= 11 is 1.67. The molecule has 3 rings (SSSR count). The summed E-state index contributed by atoms with van der Waals surface area (Å²) in [5.74, 6) is 0.311. The number of nitrogens with zero attached hydrogens (tertiary/aromatic N) is 3. The van der Waals surface area contributed by atoms with Crippen molar-refractivity contribution in [1.29, 1.82) is 0 Å². The van der Waals surface area contributed by atoms with E-state index in [0.717, 1.165) is 15.8 Å². The molecule has 3 aromatic rings. The molecule has 0 saturated heterocycles. The van der Waals surface area contributed by atoms with Gasteiger partial charge < -0.3 is 4.74 Å². The Labute approximate surface area is 155 Å². The van der Waals surface area contributed by atoms with Crippen molar-refractivity contribution in [2.45, 2.75) is 26.2 Å². The average Bonchev–Trinajstić information content (AvgIpc) is 3.07. The van der Waals surface area contributed by atoms with Crippen LogP contribution in [-0.2, 0) is 10.2 Å². The van der Waals surface area contributed by atoms with Crippen molar-refractivity contribution in [3.63, 3.8) is 0 Å². The van der Waals surface area contributed by atoms with Crippen molar-refractivity contribution in [3.8, 4) is 0 Å². The maximum Gasteiger partial charge on any atom is 0.337 e. The molecule has 0 unspecified atom stereocenters. The van der Waals surface area contributed by atoms with Gasteiger partial charge in [0.1, 0.15) is 11.2 Å². The number of hydrogen-bond acceptors (Lipinski definition) is 7. The van der Waals surface area contributed by atoms with Gasteiger partial charge in [-0.2, -0.15) is 5.10 Å². The van der Waals surface area contributed by atoms with Gasteiger partial charge in [0.25, 0.3) is 0 Å². The Kier molecular flexibility index (Phi) is 4.99. The highest BCUT2D eigenvalue weighted by Gasteiger charge is 2.18. The number of methoxy groups -OCH3 is 1. The fraction of sp³-hybridized carbons (Fsp3) is 0.263. The van der Waals surface area contributed by atoms with E-state index >= 15 is 0 Å². The van der Waals surface area contributed by atoms with Crippen molar-refractivity contribution in [2.75, 3.05) is 12.5 Å². The smallest absolute Gasteiger partial charge is 0.337 e. The van der Waals surface area contributed by atoms with Gasteiger partial charge in [-0.1, -0.05) is 32.9 Å². The molecular formula is C19H20N4O2S. The van der Waals surface area contributed by atoms with E-state index in [1.165, 1.54) is 18.3 Å². The summed E-state index contributed by atoms with van der Waals surface area (Å²) in [6.07, 6.45) is 3.21. The van der Waals surface area contributed by atoms with Gasteiger partial charge >= 0.3 is 5.97 Å². The van der Waals surface area contributed by atoms with Gasteiger partial charge in [0.2, 0.25) is 0 Å². The minimum absolute atomic E-state index is 0.0628. The fourth-order valence-corrected chi connectivity index (χ4v) is 3.36. The van der Waals surface area contributed by atoms with Crippen LogP contribution in [0.25, 0.3) is 10.2 Å². The normalized spacial score (nSPS) is 11.8. The average molecular weight is 368 g/mol. The number of anilines is 1. The third kappa shape index (κ3) is 3.88. The summed E-state index contributed by atoms with van der Waals surface area (Å²) in [5.41, 5.74) is 4.41. The SMILES string of the molecule is COC(=O)c1ccc(C=NNc2ncnc3sc(C(C)(C)C)cc23)cc1.